The number of carbonyl (C=O) groups is 2. The first-order chi connectivity index (χ1) is 15.7. The molecule has 0 saturated carbocycles. The van der Waals surface area contributed by atoms with E-state index in [0.29, 0.717) is 29.4 Å². The van der Waals surface area contributed by atoms with Crippen LogP contribution in [-0.4, -0.2) is 44.9 Å². The Morgan fingerprint density at radius 3 is 2.48 bits per heavy atom. The average Bonchev–Trinajstić information content (AvgIpc) is 2.79. The fraction of sp³-hybridized carbons (Fsp3) is 0.364. The standard InChI is InChI=1S/C22H27ClN4O5S/c1-32-20-10-9-15(33(30,31)27-11-5-2-6-12-27)13-19(20)25-21(28)14-18(26-22(24)29)16-7-3-4-8-17(16)23/h3-4,7-10,13,18H,2,5-6,11-12,14H2,1H3,(H,25,28)(H3,24,26,29). The van der Waals surface area contributed by atoms with Crippen LogP contribution in [0, 0.1) is 0 Å². The van der Waals surface area contributed by atoms with Gasteiger partial charge in [-0.3, -0.25) is 4.79 Å². The highest BCUT2D eigenvalue weighted by Crippen LogP contribution is 2.31. The molecular weight excluding hydrogens is 468 g/mol. The Kier molecular flexibility index (Phi) is 8.17. The molecule has 0 bridgehead atoms. The van der Waals surface area contributed by atoms with Crippen molar-refractivity contribution in [3.63, 3.8) is 0 Å². The third-order valence-electron chi connectivity index (χ3n) is 5.38. The second-order valence-corrected chi connectivity index (χ2v) is 10.0. The van der Waals surface area contributed by atoms with Crippen LogP contribution in [0.15, 0.2) is 47.4 Å². The predicted molar refractivity (Wildman–Crippen MR) is 126 cm³/mol. The second kappa shape index (κ2) is 10.9. The van der Waals surface area contributed by atoms with Gasteiger partial charge >= 0.3 is 6.03 Å². The molecule has 3 rings (SSSR count). The van der Waals surface area contributed by atoms with E-state index in [-0.39, 0.29) is 17.0 Å². The number of rotatable bonds is 8. The van der Waals surface area contributed by atoms with Gasteiger partial charge in [-0.15, -0.1) is 0 Å². The van der Waals surface area contributed by atoms with Gasteiger partial charge in [0.05, 0.1) is 30.2 Å². The molecule has 4 N–H and O–H groups in total. The molecule has 1 saturated heterocycles. The number of nitrogens with two attached hydrogens (primary N) is 1. The summed E-state index contributed by atoms with van der Waals surface area (Å²) in [6, 6.07) is 9.54. The van der Waals surface area contributed by atoms with E-state index >= 15 is 0 Å². The number of urea groups is 1. The number of sulfonamides is 1. The van der Waals surface area contributed by atoms with Crippen LogP contribution in [0.25, 0.3) is 0 Å². The number of halogens is 1. The van der Waals surface area contributed by atoms with E-state index in [9.17, 15) is 18.0 Å². The maximum Gasteiger partial charge on any atom is 0.312 e. The average molecular weight is 495 g/mol. The minimum absolute atomic E-state index is 0.0680. The third kappa shape index (κ3) is 6.16. The highest BCUT2D eigenvalue weighted by atomic mass is 35.5. The number of anilines is 1. The lowest BCUT2D eigenvalue weighted by Gasteiger charge is -2.26. The molecule has 0 radical (unpaired) electrons. The van der Waals surface area contributed by atoms with Crippen molar-refractivity contribution in [1.82, 2.24) is 9.62 Å². The maximum absolute atomic E-state index is 13.0. The lowest BCUT2D eigenvalue weighted by molar-refractivity contribution is -0.116. The molecule has 11 heteroatoms. The van der Waals surface area contributed by atoms with Gasteiger partial charge in [0.15, 0.2) is 0 Å². The molecular formula is C22H27ClN4O5S. The van der Waals surface area contributed by atoms with Crippen LogP contribution in [0.5, 0.6) is 5.75 Å². The smallest absolute Gasteiger partial charge is 0.312 e. The zero-order chi connectivity index (χ0) is 24.0. The highest BCUT2D eigenvalue weighted by molar-refractivity contribution is 7.89. The third-order valence-corrected chi connectivity index (χ3v) is 7.62. The van der Waals surface area contributed by atoms with E-state index in [2.05, 4.69) is 10.6 Å². The minimum Gasteiger partial charge on any atom is -0.495 e. The van der Waals surface area contributed by atoms with Crippen molar-refractivity contribution in [1.29, 1.82) is 0 Å². The Hall–Kier alpha value is -2.82. The molecule has 33 heavy (non-hydrogen) atoms. The van der Waals surface area contributed by atoms with Gasteiger partial charge in [0.1, 0.15) is 5.75 Å². The highest BCUT2D eigenvalue weighted by Gasteiger charge is 2.27. The molecule has 1 aliphatic rings. The lowest BCUT2D eigenvalue weighted by Crippen LogP contribution is -2.36. The number of ether oxygens (including phenoxy) is 1. The topological polar surface area (TPSA) is 131 Å². The number of carbonyl (C=O) groups excluding carboxylic acids is 2. The molecule has 1 heterocycles. The van der Waals surface area contributed by atoms with E-state index in [4.69, 9.17) is 22.1 Å². The number of piperidine rings is 1. The first-order valence-electron chi connectivity index (χ1n) is 10.5. The molecule has 1 fully saturated rings. The number of benzene rings is 2. The van der Waals surface area contributed by atoms with E-state index in [1.54, 1.807) is 24.3 Å². The van der Waals surface area contributed by atoms with Crippen LogP contribution < -0.4 is 21.1 Å². The zero-order valence-electron chi connectivity index (χ0n) is 18.2. The van der Waals surface area contributed by atoms with Gasteiger partial charge in [0, 0.05) is 18.1 Å². The number of nitrogens with zero attached hydrogens (tertiary/aromatic N) is 1. The summed E-state index contributed by atoms with van der Waals surface area (Å²) in [4.78, 5) is 24.4. The molecule has 1 unspecified atom stereocenters. The van der Waals surface area contributed by atoms with Crippen LogP contribution in [0.3, 0.4) is 0 Å². The summed E-state index contributed by atoms with van der Waals surface area (Å²) < 4.78 is 32.8. The summed E-state index contributed by atoms with van der Waals surface area (Å²) in [6.45, 7) is 0.933. The molecule has 9 nitrogen and oxygen atoms in total. The Morgan fingerprint density at radius 1 is 1.15 bits per heavy atom. The van der Waals surface area contributed by atoms with Crippen molar-refractivity contribution in [2.75, 3.05) is 25.5 Å². The van der Waals surface area contributed by atoms with Crippen LogP contribution in [0.1, 0.15) is 37.3 Å². The Balaban J connectivity index is 1.83. The fourth-order valence-electron chi connectivity index (χ4n) is 3.75. The number of amides is 3. The first-order valence-corrected chi connectivity index (χ1v) is 12.3. The molecule has 1 aliphatic heterocycles. The molecule has 0 aliphatic carbocycles. The Bertz CT molecular complexity index is 1120. The number of methoxy groups -OCH3 is 1. The van der Waals surface area contributed by atoms with Gasteiger partial charge < -0.3 is 21.1 Å². The molecule has 0 aromatic heterocycles. The Morgan fingerprint density at radius 2 is 1.85 bits per heavy atom. The lowest BCUT2D eigenvalue weighted by atomic mass is 10.0. The van der Waals surface area contributed by atoms with Crippen molar-refractivity contribution in [2.45, 2.75) is 36.6 Å². The van der Waals surface area contributed by atoms with Crippen LogP contribution >= 0.6 is 11.6 Å². The van der Waals surface area contributed by atoms with Crippen molar-refractivity contribution in [2.24, 2.45) is 5.73 Å². The van der Waals surface area contributed by atoms with Crippen molar-refractivity contribution in [3.05, 3.63) is 53.1 Å². The fourth-order valence-corrected chi connectivity index (χ4v) is 5.57. The van der Waals surface area contributed by atoms with Crippen LogP contribution in [0.4, 0.5) is 10.5 Å². The molecule has 1 atom stereocenters. The summed E-state index contributed by atoms with van der Waals surface area (Å²) in [6.07, 6.45) is 2.45. The molecule has 0 spiro atoms. The van der Waals surface area contributed by atoms with Crippen molar-refractivity contribution < 1.29 is 22.7 Å². The van der Waals surface area contributed by atoms with Gasteiger partial charge in [-0.25, -0.2) is 13.2 Å². The monoisotopic (exact) mass is 494 g/mol. The number of hydrogen-bond acceptors (Lipinski definition) is 5. The quantitative estimate of drug-likeness (QED) is 0.518. The molecule has 3 amide bonds. The zero-order valence-corrected chi connectivity index (χ0v) is 19.8. The molecule has 2 aromatic rings. The second-order valence-electron chi connectivity index (χ2n) is 7.66. The van der Waals surface area contributed by atoms with Gasteiger partial charge in [-0.05, 0) is 42.7 Å². The molecule has 2 aromatic carbocycles. The van der Waals surface area contributed by atoms with E-state index < -0.39 is 28.0 Å². The van der Waals surface area contributed by atoms with Crippen LogP contribution in [0.2, 0.25) is 5.02 Å². The first kappa shape index (κ1) is 24.8. The van der Waals surface area contributed by atoms with Gasteiger partial charge in [-0.2, -0.15) is 4.31 Å². The minimum atomic E-state index is -3.70. The van der Waals surface area contributed by atoms with Gasteiger partial charge in [0.2, 0.25) is 15.9 Å². The number of nitrogens with one attached hydrogen (secondary N) is 2. The van der Waals surface area contributed by atoms with E-state index in [1.165, 1.54) is 29.6 Å². The largest absolute Gasteiger partial charge is 0.495 e. The van der Waals surface area contributed by atoms with Crippen molar-refractivity contribution >= 4 is 39.2 Å². The van der Waals surface area contributed by atoms with Crippen LogP contribution in [-0.2, 0) is 14.8 Å². The summed E-state index contributed by atoms with van der Waals surface area (Å²) in [5.41, 5.74) is 6.01. The van der Waals surface area contributed by atoms with E-state index in [0.717, 1.165) is 19.3 Å². The SMILES string of the molecule is COc1ccc(S(=O)(=O)N2CCCCC2)cc1NC(=O)CC(NC(N)=O)c1ccccc1Cl. The van der Waals surface area contributed by atoms with Gasteiger partial charge in [-0.1, -0.05) is 36.2 Å². The molecule has 178 valence electrons. The summed E-state index contributed by atoms with van der Waals surface area (Å²) in [5.74, 6) is -0.183. The van der Waals surface area contributed by atoms with E-state index in [1.807, 2.05) is 0 Å². The maximum atomic E-state index is 13.0. The summed E-state index contributed by atoms with van der Waals surface area (Å²) in [7, 11) is -2.28. The number of hydrogen-bond donors (Lipinski definition) is 3. The van der Waals surface area contributed by atoms with Crippen molar-refractivity contribution in [3.8, 4) is 5.75 Å². The normalized spacial score (nSPS) is 15.5. The Labute approximate surface area is 198 Å². The predicted octanol–water partition coefficient (Wildman–Crippen LogP) is 3.26. The summed E-state index contributed by atoms with van der Waals surface area (Å²) >= 11 is 6.22. The summed E-state index contributed by atoms with van der Waals surface area (Å²) in [5, 5.41) is 5.58. The van der Waals surface area contributed by atoms with Gasteiger partial charge in [0.25, 0.3) is 0 Å². The number of primary amides is 1.